The average Bonchev–Trinajstić information content (AvgIpc) is 2.86. The Hall–Kier alpha value is -3.55. The quantitative estimate of drug-likeness (QED) is 0.555. The monoisotopic (exact) mass is 454 g/mol. The molecule has 33 heavy (non-hydrogen) atoms. The number of nitrogens with one attached hydrogen (secondary N) is 1. The van der Waals surface area contributed by atoms with E-state index in [2.05, 4.69) is 5.32 Å². The highest BCUT2D eigenvalue weighted by Gasteiger charge is 2.19. The summed E-state index contributed by atoms with van der Waals surface area (Å²) in [6.07, 6.45) is 3.17. The van der Waals surface area contributed by atoms with Gasteiger partial charge in [0.05, 0.1) is 12.2 Å². The summed E-state index contributed by atoms with van der Waals surface area (Å²) in [5, 5.41) is 2.70. The Kier molecular flexibility index (Phi) is 9.11. The van der Waals surface area contributed by atoms with Crippen LogP contribution in [0.2, 0.25) is 0 Å². The smallest absolute Gasteiger partial charge is 0.338 e. The first-order chi connectivity index (χ1) is 16.1. The first kappa shape index (κ1) is 24.1. The van der Waals surface area contributed by atoms with E-state index in [0.29, 0.717) is 24.7 Å². The third-order valence-corrected chi connectivity index (χ3v) is 5.21. The maximum Gasteiger partial charge on any atom is 0.338 e. The Morgan fingerprint density at radius 3 is 2.39 bits per heavy atom. The SMILES string of the molecule is CCOc1cc(C(=O)OCC(=O)NCc2ccccc2)ccc1OCC(=O)N1CCCCC1. The lowest BCUT2D eigenvalue weighted by molar-refractivity contribution is -0.134. The van der Waals surface area contributed by atoms with Gasteiger partial charge >= 0.3 is 5.97 Å². The minimum atomic E-state index is -0.651. The van der Waals surface area contributed by atoms with Crippen LogP contribution in [0.5, 0.6) is 11.5 Å². The Morgan fingerprint density at radius 1 is 0.909 bits per heavy atom. The minimum Gasteiger partial charge on any atom is -0.490 e. The van der Waals surface area contributed by atoms with Crippen molar-refractivity contribution in [3.05, 3.63) is 59.7 Å². The molecule has 1 heterocycles. The fraction of sp³-hybridized carbons (Fsp3) is 0.400. The second kappa shape index (κ2) is 12.5. The summed E-state index contributed by atoms with van der Waals surface area (Å²) >= 11 is 0. The van der Waals surface area contributed by atoms with Crippen molar-refractivity contribution in [1.82, 2.24) is 10.2 Å². The first-order valence-electron chi connectivity index (χ1n) is 11.2. The number of piperidine rings is 1. The maximum atomic E-state index is 12.4. The number of carbonyl (C=O) groups excluding carboxylic acids is 3. The minimum absolute atomic E-state index is 0.0675. The molecule has 0 bridgehead atoms. The summed E-state index contributed by atoms with van der Waals surface area (Å²) in [5.41, 5.74) is 1.18. The van der Waals surface area contributed by atoms with E-state index >= 15 is 0 Å². The highest BCUT2D eigenvalue weighted by molar-refractivity contribution is 5.92. The van der Waals surface area contributed by atoms with Crippen molar-refractivity contribution in [3.8, 4) is 11.5 Å². The molecule has 0 atom stereocenters. The summed E-state index contributed by atoms with van der Waals surface area (Å²) in [5.74, 6) is -0.399. The second-order valence-corrected chi connectivity index (χ2v) is 7.66. The number of esters is 1. The molecule has 0 unspecified atom stereocenters. The van der Waals surface area contributed by atoms with E-state index in [4.69, 9.17) is 14.2 Å². The highest BCUT2D eigenvalue weighted by Crippen LogP contribution is 2.29. The number of nitrogens with zero attached hydrogens (tertiary/aromatic N) is 1. The number of hydrogen-bond donors (Lipinski definition) is 1. The first-order valence-corrected chi connectivity index (χ1v) is 11.2. The van der Waals surface area contributed by atoms with Crippen molar-refractivity contribution in [1.29, 1.82) is 0 Å². The van der Waals surface area contributed by atoms with Gasteiger partial charge in [-0.05, 0) is 49.9 Å². The van der Waals surface area contributed by atoms with E-state index < -0.39 is 18.5 Å². The third-order valence-electron chi connectivity index (χ3n) is 5.21. The number of amides is 2. The standard InChI is InChI=1S/C25H30N2O6/c1-2-31-22-15-20(11-12-21(22)32-18-24(29)27-13-7-4-8-14-27)25(30)33-17-23(28)26-16-19-9-5-3-6-10-19/h3,5-6,9-12,15H,2,4,7-8,13-14,16-18H2,1H3,(H,26,28). The summed E-state index contributed by atoms with van der Waals surface area (Å²) < 4.78 is 16.4. The van der Waals surface area contributed by atoms with Gasteiger partial charge in [-0.2, -0.15) is 0 Å². The van der Waals surface area contributed by atoms with Crippen LogP contribution in [0.15, 0.2) is 48.5 Å². The topological polar surface area (TPSA) is 94.2 Å². The molecule has 1 fully saturated rings. The molecule has 1 aliphatic rings. The second-order valence-electron chi connectivity index (χ2n) is 7.66. The van der Waals surface area contributed by atoms with Crippen LogP contribution < -0.4 is 14.8 Å². The van der Waals surface area contributed by atoms with Gasteiger partial charge < -0.3 is 24.4 Å². The van der Waals surface area contributed by atoms with Crippen molar-refractivity contribution in [2.24, 2.45) is 0 Å². The van der Waals surface area contributed by atoms with E-state index in [-0.39, 0.29) is 18.1 Å². The van der Waals surface area contributed by atoms with Gasteiger partial charge in [-0.3, -0.25) is 9.59 Å². The number of carbonyl (C=O) groups is 3. The van der Waals surface area contributed by atoms with Crippen LogP contribution in [0.1, 0.15) is 42.1 Å². The molecule has 0 radical (unpaired) electrons. The summed E-state index contributed by atoms with van der Waals surface area (Å²) in [7, 11) is 0. The van der Waals surface area contributed by atoms with E-state index in [9.17, 15) is 14.4 Å². The molecule has 0 aromatic heterocycles. The summed E-state index contributed by atoms with van der Waals surface area (Å²) in [6.45, 7) is 3.55. The Bertz CT molecular complexity index is 941. The van der Waals surface area contributed by atoms with Crippen LogP contribution in [-0.4, -0.2) is 55.6 Å². The van der Waals surface area contributed by atoms with E-state index in [0.717, 1.165) is 37.9 Å². The number of rotatable bonds is 10. The van der Waals surface area contributed by atoms with Gasteiger partial charge in [-0.1, -0.05) is 30.3 Å². The maximum absolute atomic E-state index is 12.4. The number of likely N-dealkylation sites (tertiary alicyclic amines) is 1. The molecule has 1 saturated heterocycles. The van der Waals surface area contributed by atoms with Gasteiger partial charge in [-0.25, -0.2) is 4.79 Å². The molecule has 2 aromatic carbocycles. The van der Waals surface area contributed by atoms with Gasteiger partial charge in [0, 0.05) is 19.6 Å². The van der Waals surface area contributed by atoms with Crippen molar-refractivity contribution in [2.75, 3.05) is 32.9 Å². The van der Waals surface area contributed by atoms with Gasteiger partial charge in [0.2, 0.25) is 0 Å². The van der Waals surface area contributed by atoms with Crippen LogP contribution in [0.4, 0.5) is 0 Å². The molecule has 1 N–H and O–H groups in total. The zero-order chi connectivity index (χ0) is 23.5. The fourth-order valence-corrected chi connectivity index (χ4v) is 3.46. The van der Waals surface area contributed by atoms with Crippen LogP contribution in [-0.2, 0) is 20.9 Å². The molecular weight excluding hydrogens is 424 g/mol. The zero-order valence-electron chi connectivity index (χ0n) is 18.9. The summed E-state index contributed by atoms with van der Waals surface area (Å²) in [6, 6.07) is 14.0. The van der Waals surface area contributed by atoms with Crippen LogP contribution in [0.25, 0.3) is 0 Å². The van der Waals surface area contributed by atoms with Crippen LogP contribution in [0, 0.1) is 0 Å². The molecule has 176 valence electrons. The van der Waals surface area contributed by atoms with Gasteiger partial charge in [0.1, 0.15) is 0 Å². The molecule has 0 spiro atoms. The predicted molar refractivity (Wildman–Crippen MR) is 122 cm³/mol. The number of ether oxygens (including phenoxy) is 3. The Morgan fingerprint density at radius 2 is 1.67 bits per heavy atom. The van der Waals surface area contributed by atoms with Crippen molar-refractivity contribution in [3.63, 3.8) is 0 Å². The lowest BCUT2D eigenvalue weighted by Crippen LogP contribution is -2.38. The Labute approximate surface area is 193 Å². The van der Waals surface area contributed by atoms with Crippen molar-refractivity contribution in [2.45, 2.75) is 32.7 Å². The van der Waals surface area contributed by atoms with E-state index in [1.54, 1.807) is 11.0 Å². The number of hydrogen-bond acceptors (Lipinski definition) is 6. The predicted octanol–water partition coefficient (Wildman–Crippen LogP) is 2.95. The molecule has 1 aliphatic heterocycles. The van der Waals surface area contributed by atoms with E-state index in [1.165, 1.54) is 12.1 Å². The molecule has 0 aliphatic carbocycles. The van der Waals surface area contributed by atoms with E-state index in [1.807, 2.05) is 37.3 Å². The largest absolute Gasteiger partial charge is 0.490 e. The van der Waals surface area contributed by atoms with Crippen LogP contribution >= 0.6 is 0 Å². The molecule has 0 saturated carbocycles. The Balaban J connectivity index is 1.51. The molecule has 2 amide bonds. The average molecular weight is 455 g/mol. The molecular formula is C25H30N2O6. The molecule has 8 nitrogen and oxygen atoms in total. The molecule has 8 heteroatoms. The normalized spacial score (nSPS) is 13.2. The third kappa shape index (κ3) is 7.52. The summed E-state index contributed by atoms with van der Waals surface area (Å²) in [4.78, 5) is 38.6. The van der Waals surface area contributed by atoms with Gasteiger partial charge in [0.15, 0.2) is 24.7 Å². The fourth-order valence-electron chi connectivity index (χ4n) is 3.46. The molecule has 2 aromatic rings. The van der Waals surface area contributed by atoms with Gasteiger partial charge in [-0.15, -0.1) is 0 Å². The van der Waals surface area contributed by atoms with Crippen molar-refractivity contribution < 1.29 is 28.6 Å². The lowest BCUT2D eigenvalue weighted by atomic mass is 10.1. The van der Waals surface area contributed by atoms with Gasteiger partial charge in [0.25, 0.3) is 11.8 Å². The molecule has 3 rings (SSSR count). The zero-order valence-corrected chi connectivity index (χ0v) is 18.9. The van der Waals surface area contributed by atoms with Crippen molar-refractivity contribution >= 4 is 17.8 Å². The number of benzene rings is 2. The lowest BCUT2D eigenvalue weighted by Gasteiger charge is -2.26. The van der Waals surface area contributed by atoms with Crippen LogP contribution in [0.3, 0.4) is 0 Å². The highest BCUT2D eigenvalue weighted by atomic mass is 16.5.